The second-order valence-electron chi connectivity index (χ2n) is 6.02. The lowest BCUT2D eigenvalue weighted by Crippen LogP contribution is -2.14. The molecule has 0 saturated carbocycles. The quantitative estimate of drug-likeness (QED) is 0.486. The number of carbonyl (C=O) groups excluding carboxylic acids is 1. The van der Waals surface area contributed by atoms with Crippen LogP contribution in [-0.4, -0.2) is 15.9 Å². The number of para-hydroxylation sites is 1. The SMILES string of the molecule is O=C(Nc1ccc(F)c(Cl)c1)c1cc(Nc2cccc3cccnc23)ccn1. The zero-order chi connectivity index (χ0) is 19.5. The Kier molecular flexibility index (Phi) is 4.87. The second kappa shape index (κ2) is 7.62. The minimum Gasteiger partial charge on any atom is -0.354 e. The van der Waals surface area contributed by atoms with E-state index in [0.29, 0.717) is 11.4 Å². The molecule has 0 aliphatic rings. The van der Waals surface area contributed by atoms with Gasteiger partial charge in [-0.15, -0.1) is 0 Å². The number of hydrogen-bond donors (Lipinski definition) is 2. The van der Waals surface area contributed by atoms with Crippen LogP contribution in [-0.2, 0) is 0 Å². The van der Waals surface area contributed by atoms with Crippen molar-refractivity contribution in [2.24, 2.45) is 0 Å². The van der Waals surface area contributed by atoms with Crippen molar-refractivity contribution in [3.63, 3.8) is 0 Å². The predicted molar refractivity (Wildman–Crippen MR) is 109 cm³/mol. The highest BCUT2D eigenvalue weighted by Crippen LogP contribution is 2.25. The smallest absolute Gasteiger partial charge is 0.274 e. The first-order valence-corrected chi connectivity index (χ1v) is 8.81. The van der Waals surface area contributed by atoms with E-state index < -0.39 is 11.7 Å². The van der Waals surface area contributed by atoms with Crippen molar-refractivity contribution in [1.82, 2.24) is 9.97 Å². The van der Waals surface area contributed by atoms with Gasteiger partial charge in [0.25, 0.3) is 5.91 Å². The van der Waals surface area contributed by atoms with Gasteiger partial charge in [0.05, 0.1) is 16.2 Å². The van der Waals surface area contributed by atoms with Crippen LogP contribution in [0.2, 0.25) is 5.02 Å². The third-order valence-electron chi connectivity index (χ3n) is 4.08. The van der Waals surface area contributed by atoms with E-state index in [2.05, 4.69) is 20.6 Å². The lowest BCUT2D eigenvalue weighted by atomic mass is 10.2. The average Bonchev–Trinajstić information content (AvgIpc) is 2.71. The summed E-state index contributed by atoms with van der Waals surface area (Å²) >= 11 is 5.75. The number of carbonyl (C=O) groups is 1. The molecule has 0 spiro atoms. The molecule has 5 nitrogen and oxygen atoms in total. The number of benzene rings is 2. The Bertz CT molecular complexity index is 1180. The summed E-state index contributed by atoms with van der Waals surface area (Å²) in [7, 11) is 0. The van der Waals surface area contributed by atoms with Gasteiger partial charge in [-0.1, -0.05) is 29.8 Å². The fourth-order valence-corrected chi connectivity index (χ4v) is 2.94. The molecule has 0 radical (unpaired) electrons. The summed E-state index contributed by atoms with van der Waals surface area (Å²) in [6, 6.07) is 17.0. The molecule has 1 amide bonds. The minimum absolute atomic E-state index is 0.0652. The van der Waals surface area contributed by atoms with Gasteiger partial charge in [0.1, 0.15) is 11.5 Å². The summed E-state index contributed by atoms with van der Waals surface area (Å²) in [5, 5.41) is 6.87. The van der Waals surface area contributed by atoms with Gasteiger partial charge in [0.15, 0.2) is 0 Å². The maximum atomic E-state index is 13.3. The fraction of sp³-hybridized carbons (Fsp3) is 0. The standard InChI is InChI=1S/C21H14ClFN4O/c22-16-11-14(6-7-17(16)23)27-21(28)19-12-15(8-10-24-19)26-18-5-1-3-13-4-2-9-25-20(13)18/h1-12H,(H,24,26)(H,27,28). The molecule has 0 bridgehead atoms. The number of fused-ring (bicyclic) bond motifs is 1. The van der Waals surface area contributed by atoms with Crippen molar-refractivity contribution in [3.05, 3.63) is 89.6 Å². The molecule has 0 atom stereocenters. The molecule has 0 aliphatic carbocycles. The van der Waals surface area contributed by atoms with E-state index in [0.717, 1.165) is 16.6 Å². The predicted octanol–water partition coefficient (Wildman–Crippen LogP) is 5.42. The van der Waals surface area contributed by atoms with Crippen LogP contribution in [0.1, 0.15) is 10.5 Å². The van der Waals surface area contributed by atoms with Gasteiger partial charge < -0.3 is 10.6 Å². The minimum atomic E-state index is -0.548. The molecular formula is C21H14ClFN4O. The van der Waals surface area contributed by atoms with Gasteiger partial charge in [-0.05, 0) is 42.5 Å². The lowest BCUT2D eigenvalue weighted by molar-refractivity contribution is 0.102. The molecule has 138 valence electrons. The maximum Gasteiger partial charge on any atom is 0.274 e. The molecule has 28 heavy (non-hydrogen) atoms. The number of amides is 1. The number of nitrogens with one attached hydrogen (secondary N) is 2. The first kappa shape index (κ1) is 17.9. The Balaban J connectivity index is 1.57. The molecule has 2 aromatic carbocycles. The first-order chi connectivity index (χ1) is 13.6. The topological polar surface area (TPSA) is 66.9 Å². The Morgan fingerprint density at radius 1 is 0.929 bits per heavy atom. The summed E-state index contributed by atoms with van der Waals surface area (Å²) in [4.78, 5) is 21.0. The molecule has 0 unspecified atom stereocenters. The molecule has 0 aliphatic heterocycles. The summed E-state index contributed by atoms with van der Waals surface area (Å²) in [5.41, 5.74) is 2.93. The van der Waals surface area contributed by atoms with Gasteiger partial charge in [-0.3, -0.25) is 14.8 Å². The van der Waals surface area contributed by atoms with Crippen LogP contribution >= 0.6 is 11.6 Å². The van der Waals surface area contributed by atoms with Crippen LogP contribution < -0.4 is 10.6 Å². The molecule has 0 saturated heterocycles. The van der Waals surface area contributed by atoms with Crippen molar-refractivity contribution >= 4 is 45.5 Å². The van der Waals surface area contributed by atoms with E-state index in [1.165, 1.54) is 24.4 Å². The van der Waals surface area contributed by atoms with E-state index in [1.807, 2.05) is 30.3 Å². The van der Waals surface area contributed by atoms with Crippen LogP contribution in [0, 0.1) is 5.82 Å². The summed E-state index contributed by atoms with van der Waals surface area (Å²) < 4.78 is 13.3. The van der Waals surface area contributed by atoms with Crippen LogP contribution in [0.15, 0.2) is 73.1 Å². The molecule has 2 N–H and O–H groups in total. The van der Waals surface area contributed by atoms with E-state index in [4.69, 9.17) is 11.6 Å². The Hall–Kier alpha value is -3.51. The Morgan fingerprint density at radius 2 is 1.79 bits per heavy atom. The van der Waals surface area contributed by atoms with Crippen molar-refractivity contribution in [2.45, 2.75) is 0 Å². The number of hydrogen-bond acceptors (Lipinski definition) is 4. The van der Waals surface area contributed by atoms with Crippen LogP contribution in [0.5, 0.6) is 0 Å². The number of aromatic nitrogens is 2. The van der Waals surface area contributed by atoms with E-state index in [-0.39, 0.29) is 10.7 Å². The fourth-order valence-electron chi connectivity index (χ4n) is 2.76. The molecular weight excluding hydrogens is 379 g/mol. The van der Waals surface area contributed by atoms with Crippen molar-refractivity contribution < 1.29 is 9.18 Å². The Labute approximate surface area is 165 Å². The van der Waals surface area contributed by atoms with Crippen LogP contribution in [0.25, 0.3) is 10.9 Å². The van der Waals surface area contributed by atoms with E-state index in [1.54, 1.807) is 18.3 Å². The van der Waals surface area contributed by atoms with Gasteiger partial charge in [-0.2, -0.15) is 0 Å². The van der Waals surface area contributed by atoms with Crippen molar-refractivity contribution in [1.29, 1.82) is 0 Å². The largest absolute Gasteiger partial charge is 0.354 e. The zero-order valence-corrected chi connectivity index (χ0v) is 15.2. The molecule has 0 fully saturated rings. The van der Waals surface area contributed by atoms with Crippen LogP contribution in [0.4, 0.5) is 21.5 Å². The van der Waals surface area contributed by atoms with Gasteiger partial charge >= 0.3 is 0 Å². The molecule has 7 heteroatoms. The lowest BCUT2D eigenvalue weighted by Gasteiger charge is -2.10. The second-order valence-corrected chi connectivity index (χ2v) is 6.43. The van der Waals surface area contributed by atoms with E-state index >= 15 is 0 Å². The normalized spacial score (nSPS) is 10.6. The molecule has 4 rings (SSSR count). The maximum absolute atomic E-state index is 13.3. The third-order valence-corrected chi connectivity index (χ3v) is 4.37. The first-order valence-electron chi connectivity index (χ1n) is 8.43. The molecule has 4 aromatic rings. The third kappa shape index (κ3) is 3.77. The summed E-state index contributed by atoms with van der Waals surface area (Å²) in [5.74, 6) is -0.977. The highest BCUT2D eigenvalue weighted by Gasteiger charge is 2.11. The number of halogens is 2. The summed E-state index contributed by atoms with van der Waals surface area (Å²) in [6.45, 7) is 0. The highest BCUT2D eigenvalue weighted by atomic mass is 35.5. The zero-order valence-electron chi connectivity index (χ0n) is 14.5. The van der Waals surface area contributed by atoms with Gasteiger partial charge in [0, 0.05) is 29.2 Å². The highest BCUT2D eigenvalue weighted by molar-refractivity contribution is 6.31. The van der Waals surface area contributed by atoms with Gasteiger partial charge in [-0.25, -0.2) is 4.39 Å². The summed E-state index contributed by atoms with van der Waals surface area (Å²) in [6.07, 6.45) is 3.26. The van der Waals surface area contributed by atoms with E-state index in [9.17, 15) is 9.18 Å². The van der Waals surface area contributed by atoms with Gasteiger partial charge in [0.2, 0.25) is 0 Å². The van der Waals surface area contributed by atoms with Crippen molar-refractivity contribution in [3.8, 4) is 0 Å². The number of anilines is 3. The average molecular weight is 393 g/mol. The monoisotopic (exact) mass is 392 g/mol. The molecule has 2 heterocycles. The molecule has 2 aromatic heterocycles. The van der Waals surface area contributed by atoms with Crippen molar-refractivity contribution in [2.75, 3.05) is 10.6 Å². The number of nitrogens with zero attached hydrogens (tertiary/aromatic N) is 2. The number of rotatable bonds is 4. The van der Waals surface area contributed by atoms with Crippen LogP contribution in [0.3, 0.4) is 0 Å². The Morgan fingerprint density at radius 3 is 2.64 bits per heavy atom. The number of pyridine rings is 2.